The minimum absolute atomic E-state index is 0.180. The first kappa shape index (κ1) is 20.3. The van der Waals surface area contributed by atoms with Gasteiger partial charge >= 0.3 is 0 Å². The second kappa shape index (κ2) is 7.25. The molecule has 4 fully saturated rings. The molecule has 164 valence electrons. The molecular formula is C26H32N2O3. The first-order valence-electron chi connectivity index (χ1n) is 11.3. The summed E-state index contributed by atoms with van der Waals surface area (Å²) in [6.07, 6.45) is 10.4. The van der Waals surface area contributed by atoms with Crippen LogP contribution in [-0.4, -0.2) is 18.0 Å². The summed E-state index contributed by atoms with van der Waals surface area (Å²) in [6, 6.07) is 9.49. The average molecular weight is 421 g/mol. The van der Waals surface area contributed by atoms with E-state index in [1.54, 1.807) is 19.5 Å². The Labute approximate surface area is 184 Å². The van der Waals surface area contributed by atoms with E-state index >= 15 is 0 Å². The zero-order chi connectivity index (χ0) is 21.7. The Morgan fingerprint density at radius 2 is 1.74 bits per heavy atom. The summed E-state index contributed by atoms with van der Waals surface area (Å²) in [6.45, 7) is 5.21. The number of hydrogen-bond donors (Lipinski definition) is 1. The number of carbonyl (C=O) groups is 1. The van der Waals surface area contributed by atoms with Gasteiger partial charge in [-0.15, -0.1) is 0 Å². The quantitative estimate of drug-likeness (QED) is 0.660. The smallest absolute Gasteiger partial charge is 0.230 e. The standard InChI is InChI=1S/C26H32N2O3/c1-24-11-19-12-25(2,15-24)17-26(13-19,16-24)23(29)28-20-4-5-21(30-3)22(10-20)31-14-18-6-8-27-9-7-18/h4-10,19H,11-17H2,1-3H3,(H,28,29). The third-order valence-electron chi connectivity index (χ3n) is 7.67. The van der Waals surface area contributed by atoms with Crippen LogP contribution in [0.2, 0.25) is 0 Å². The summed E-state index contributed by atoms with van der Waals surface area (Å²) < 4.78 is 11.5. The van der Waals surface area contributed by atoms with Gasteiger partial charge in [0.1, 0.15) is 6.61 Å². The number of methoxy groups -OCH3 is 1. The highest BCUT2D eigenvalue weighted by Crippen LogP contribution is 2.69. The predicted octanol–water partition coefficient (Wildman–Crippen LogP) is 5.60. The summed E-state index contributed by atoms with van der Waals surface area (Å²) in [5.41, 5.74) is 2.18. The summed E-state index contributed by atoms with van der Waals surface area (Å²) >= 11 is 0. The number of aromatic nitrogens is 1. The van der Waals surface area contributed by atoms with Crippen molar-refractivity contribution in [2.75, 3.05) is 12.4 Å². The highest BCUT2D eigenvalue weighted by Gasteiger charge is 2.62. The van der Waals surface area contributed by atoms with Crippen molar-refractivity contribution in [2.45, 2.75) is 59.0 Å². The average Bonchev–Trinajstić information content (AvgIpc) is 2.70. The predicted molar refractivity (Wildman–Crippen MR) is 120 cm³/mol. The topological polar surface area (TPSA) is 60.5 Å². The Bertz CT molecular complexity index is 971. The van der Waals surface area contributed by atoms with E-state index in [9.17, 15) is 4.79 Å². The molecule has 2 unspecified atom stereocenters. The molecule has 0 radical (unpaired) electrons. The Hall–Kier alpha value is -2.56. The van der Waals surface area contributed by atoms with Crippen LogP contribution in [-0.2, 0) is 11.4 Å². The number of amides is 1. The van der Waals surface area contributed by atoms with Crippen LogP contribution in [0.5, 0.6) is 11.5 Å². The van der Waals surface area contributed by atoms with Crippen LogP contribution in [0.15, 0.2) is 42.7 Å². The Balaban J connectivity index is 1.34. The van der Waals surface area contributed by atoms with E-state index in [-0.39, 0.29) is 11.3 Å². The van der Waals surface area contributed by atoms with Crippen molar-refractivity contribution in [3.63, 3.8) is 0 Å². The van der Waals surface area contributed by atoms with Crippen molar-refractivity contribution >= 4 is 11.6 Å². The Morgan fingerprint density at radius 1 is 1.03 bits per heavy atom. The van der Waals surface area contributed by atoms with Crippen LogP contribution >= 0.6 is 0 Å². The van der Waals surface area contributed by atoms with E-state index < -0.39 is 0 Å². The minimum atomic E-state index is -0.235. The fourth-order valence-corrected chi connectivity index (χ4v) is 7.47. The number of carbonyl (C=O) groups excluding carboxylic acids is 1. The second-order valence-corrected chi connectivity index (χ2v) is 10.9. The van der Waals surface area contributed by atoms with Crippen LogP contribution in [0.4, 0.5) is 5.69 Å². The zero-order valence-corrected chi connectivity index (χ0v) is 18.7. The normalized spacial score (nSPS) is 33.2. The van der Waals surface area contributed by atoms with Crippen molar-refractivity contribution < 1.29 is 14.3 Å². The van der Waals surface area contributed by atoms with E-state index in [0.29, 0.717) is 34.9 Å². The maximum atomic E-state index is 13.6. The monoisotopic (exact) mass is 420 g/mol. The number of pyridine rings is 1. The van der Waals surface area contributed by atoms with Crippen LogP contribution < -0.4 is 14.8 Å². The molecule has 4 aliphatic carbocycles. The number of rotatable bonds is 6. The van der Waals surface area contributed by atoms with Gasteiger partial charge in [-0.3, -0.25) is 9.78 Å². The van der Waals surface area contributed by atoms with Gasteiger partial charge in [-0.2, -0.15) is 0 Å². The Morgan fingerprint density at radius 3 is 2.39 bits per heavy atom. The first-order valence-corrected chi connectivity index (χ1v) is 11.3. The number of hydrogen-bond acceptors (Lipinski definition) is 4. The van der Waals surface area contributed by atoms with Crippen LogP contribution in [0.3, 0.4) is 0 Å². The molecule has 0 aliphatic heterocycles. The van der Waals surface area contributed by atoms with Crippen molar-refractivity contribution in [3.8, 4) is 11.5 Å². The third kappa shape index (κ3) is 3.79. The van der Waals surface area contributed by atoms with E-state index in [2.05, 4.69) is 24.1 Å². The van der Waals surface area contributed by atoms with Crippen molar-refractivity contribution in [1.82, 2.24) is 4.98 Å². The van der Waals surface area contributed by atoms with Crippen LogP contribution in [0.1, 0.15) is 57.9 Å². The maximum absolute atomic E-state index is 13.6. The molecule has 6 rings (SSSR count). The van der Waals surface area contributed by atoms with Crippen LogP contribution in [0, 0.1) is 22.2 Å². The molecule has 31 heavy (non-hydrogen) atoms. The van der Waals surface area contributed by atoms with Gasteiger partial charge < -0.3 is 14.8 Å². The fraction of sp³-hybridized carbons (Fsp3) is 0.538. The largest absolute Gasteiger partial charge is 0.493 e. The lowest BCUT2D eigenvalue weighted by Gasteiger charge is -2.64. The van der Waals surface area contributed by atoms with Gasteiger partial charge in [-0.1, -0.05) is 13.8 Å². The van der Waals surface area contributed by atoms with Crippen molar-refractivity contribution in [1.29, 1.82) is 0 Å². The minimum Gasteiger partial charge on any atom is -0.493 e. The highest BCUT2D eigenvalue weighted by molar-refractivity contribution is 5.96. The lowest BCUT2D eigenvalue weighted by atomic mass is 9.40. The SMILES string of the molecule is COc1ccc(NC(=O)C23CC4CC(C)(CC(C)(C4)C2)C3)cc1OCc1ccncc1. The lowest BCUT2D eigenvalue weighted by molar-refractivity contribution is -0.165. The molecule has 4 aliphatic rings. The summed E-state index contributed by atoms with van der Waals surface area (Å²) in [7, 11) is 1.63. The number of nitrogens with zero attached hydrogens (tertiary/aromatic N) is 1. The van der Waals surface area contributed by atoms with Gasteiger partial charge in [0.15, 0.2) is 11.5 Å². The van der Waals surface area contributed by atoms with Gasteiger partial charge in [0.2, 0.25) is 5.91 Å². The molecule has 0 saturated heterocycles. The Kier molecular flexibility index (Phi) is 4.76. The molecule has 2 aromatic rings. The summed E-state index contributed by atoms with van der Waals surface area (Å²) in [5.74, 6) is 2.15. The van der Waals surface area contributed by atoms with E-state index in [1.807, 2.05) is 30.3 Å². The van der Waals surface area contributed by atoms with E-state index in [0.717, 1.165) is 30.5 Å². The second-order valence-electron chi connectivity index (χ2n) is 10.9. The molecule has 1 N–H and O–H groups in total. The fourth-order valence-electron chi connectivity index (χ4n) is 7.47. The molecule has 4 bridgehead atoms. The maximum Gasteiger partial charge on any atom is 0.230 e. The molecule has 1 aromatic carbocycles. The third-order valence-corrected chi connectivity index (χ3v) is 7.67. The zero-order valence-electron chi connectivity index (χ0n) is 18.7. The molecule has 4 saturated carbocycles. The van der Waals surface area contributed by atoms with Gasteiger partial charge in [0.25, 0.3) is 0 Å². The number of benzene rings is 1. The van der Waals surface area contributed by atoms with E-state index in [1.165, 1.54) is 19.3 Å². The van der Waals surface area contributed by atoms with Crippen LogP contribution in [0.25, 0.3) is 0 Å². The summed E-state index contributed by atoms with van der Waals surface area (Å²) in [4.78, 5) is 17.6. The molecule has 1 amide bonds. The van der Waals surface area contributed by atoms with Gasteiger partial charge in [-0.25, -0.2) is 0 Å². The van der Waals surface area contributed by atoms with Crippen molar-refractivity contribution in [3.05, 3.63) is 48.3 Å². The van der Waals surface area contributed by atoms with Gasteiger partial charge in [0.05, 0.1) is 12.5 Å². The highest BCUT2D eigenvalue weighted by atomic mass is 16.5. The lowest BCUT2D eigenvalue weighted by Crippen LogP contribution is -2.58. The molecule has 1 heterocycles. The van der Waals surface area contributed by atoms with Gasteiger partial charge in [0, 0.05) is 24.1 Å². The number of ether oxygens (including phenoxy) is 2. The number of nitrogens with one attached hydrogen (secondary N) is 1. The molecule has 1 aromatic heterocycles. The van der Waals surface area contributed by atoms with Gasteiger partial charge in [-0.05, 0) is 85.1 Å². The first-order chi connectivity index (χ1) is 14.8. The molecule has 2 atom stereocenters. The molecule has 5 nitrogen and oxygen atoms in total. The molecular weight excluding hydrogens is 388 g/mol. The van der Waals surface area contributed by atoms with Crippen molar-refractivity contribution in [2.24, 2.45) is 22.2 Å². The molecule has 0 spiro atoms. The summed E-state index contributed by atoms with van der Waals surface area (Å²) in [5, 5.41) is 3.24. The molecule has 5 heteroatoms. The number of anilines is 1. The van der Waals surface area contributed by atoms with E-state index in [4.69, 9.17) is 9.47 Å².